The summed E-state index contributed by atoms with van der Waals surface area (Å²) >= 11 is 0. The summed E-state index contributed by atoms with van der Waals surface area (Å²) in [6.07, 6.45) is 1.19. The first-order valence-corrected chi connectivity index (χ1v) is 3.18. The Bertz CT molecular complexity index is 177. The average Bonchev–Trinajstić information content (AvgIpc) is 1.87. The number of hydrogen-bond donors (Lipinski definition) is 3. The molecule has 0 unspecified atom stereocenters. The van der Waals surface area contributed by atoms with Gasteiger partial charge in [0.1, 0.15) is 5.70 Å². The number of hydrogen-bond acceptors (Lipinski definition) is 4. The second kappa shape index (κ2) is 3.82. The zero-order valence-corrected chi connectivity index (χ0v) is 6.61. The van der Waals surface area contributed by atoms with Crippen LogP contribution in [-0.2, 0) is 4.79 Å². The van der Waals surface area contributed by atoms with Gasteiger partial charge in [-0.25, -0.2) is 10.6 Å². The Kier molecular flexibility index (Phi) is 3.39. The molecule has 0 saturated carbocycles. The number of nitrogens with zero attached hydrogens (tertiary/aromatic N) is 1. The van der Waals surface area contributed by atoms with E-state index in [-0.39, 0.29) is 11.7 Å². The van der Waals surface area contributed by atoms with Gasteiger partial charge in [0.2, 0.25) is 0 Å². The summed E-state index contributed by atoms with van der Waals surface area (Å²) < 4.78 is 0. The third-order valence-corrected chi connectivity index (χ3v) is 1.13. The minimum atomic E-state index is -1.17. The molecule has 5 N–H and O–H groups in total. The van der Waals surface area contributed by atoms with Gasteiger partial charge in [0, 0.05) is 12.2 Å². The van der Waals surface area contributed by atoms with Crippen LogP contribution in [0.25, 0.3) is 0 Å². The van der Waals surface area contributed by atoms with Crippen molar-refractivity contribution in [1.82, 2.24) is 5.01 Å². The molecule has 0 aliphatic heterocycles. The lowest BCUT2D eigenvalue weighted by atomic mass is 10.4. The van der Waals surface area contributed by atoms with Gasteiger partial charge < -0.3 is 15.8 Å². The molecular formula is C6H13N3O2. The molecule has 0 bridgehead atoms. The maximum Gasteiger partial charge on any atom is 0.353 e. The lowest BCUT2D eigenvalue weighted by Crippen LogP contribution is -2.34. The van der Waals surface area contributed by atoms with Crippen molar-refractivity contribution in [3.8, 4) is 0 Å². The largest absolute Gasteiger partial charge is 0.477 e. The topological polar surface area (TPSA) is 92.6 Å². The lowest BCUT2D eigenvalue weighted by molar-refractivity contribution is -0.132. The molecule has 11 heavy (non-hydrogen) atoms. The van der Waals surface area contributed by atoms with Crippen molar-refractivity contribution in [3.63, 3.8) is 0 Å². The third kappa shape index (κ3) is 3.47. The van der Waals surface area contributed by atoms with Gasteiger partial charge in [0.25, 0.3) is 0 Å². The summed E-state index contributed by atoms with van der Waals surface area (Å²) in [6, 6.07) is 0.0351. The molecular weight excluding hydrogens is 146 g/mol. The van der Waals surface area contributed by atoms with Crippen molar-refractivity contribution in [2.45, 2.75) is 19.9 Å². The Morgan fingerprint density at radius 3 is 2.36 bits per heavy atom. The molecule has 0 spiro atoms. The molecule has 5 heteroatoms. The first-order chi connectivity index (χ1) is 4.95. The second-order valence-electron chi connectivity index (χ2n) is 2.43. The first-order valence-electron chi connectivity index (χ1n) is 3.18. The van der Waals surface area contributed by atoms with Crippen LogP contribution in [0, 0.1) is 0 Å². The van der Waals surface area contributed by atoms with Crippen molar-refractivity contribution in [3.05, 3.63) is 11.9 Å². The molecule has 5 nitrogen and oxygen atoms in total. The quantitative estimate of drug-likeness (QED) is 0.292. The Balaban J connectivity index is 4.19. The molecule has 0 heterocycles. The van der Waals surface area contributed by atoms with Gasteiger partial charge in [0.15, 0.2) is 0 Å². The SMILES string of the molecule is CC(C)N(N)/C=C(\N)C(=O)O. The molecule has 0 rings (SSSR count). The van der Waals surface area contributed by atoms with Crippen LogP contribution in [0.1, 0.15) is 13.8 Å². The first kappa shape index (κ1) is 9.77. The van der Waals surface area contributed by atoms with E-state index in [0.717, 1.165) is 0 Å². The smallest absolute Gasteiger partial charge is 0.353 e. The molecule has 0 aromatic heterocycles. The van der Waals surface area contributed by atoms with Crippen molar-refractivity contribution < 1.29 is 9.90 Å². The molecule has 0 radical (unpaired) electrons. The van der Waals surface area contributed by atoms with Crippen LogP contribution in [0.3, 0.4) is 0 Å². The Morgan fingerprint density at radius 1 is 1.64 bits per heavy atom. The van der Waals surface area contributed by atoms with E-state index >= 15 is 0 Å². The normalized spacial score (nSPS) is 11.8. The predicted molar refractivity (Wildman–Crippen MR) is 41.1 cm³/mol. The molecule has 0 atom stereocenters. The van der Waals surface area contributed by atoms with Crippen molar-refractivity contribution in [1.29, 1.82) is 0 Å². The van der Waals surface area contributed by atoms with Gasteiger partial charge in [-0.2, -0.15) is 0 Å². The van der Waals surface area contributed by atoms with E-state index < -0.39 is 5.97 Å². The van der Waals surface area contributed by atoms with Crippen LogP contribution in [0.4, 0.5) is 0 Å². The minimum Gasteiger partial charge on any atom is -0.477 e. The van der Waals surface area contributed by atoms with Crippen LogP contribution in [0.15, 0.2) is 11.9 Å². The molecule has 64 valence electrons. The van der Waals surface area contributed by atoms with E-state index in [2.05, 4.69) is 0 Å². The van der Waals surface area contributed by atoms with Crippen molar-refractivity contribution in [2.75, 3.05) is 0 Å². The summed E-state index contributed by atoms with van der Waals surface area (Å²) in [7, 11) is 0. The van der Waals surface area contributed by atoms with Gasteiger partial charge >= 0.3 is 5.97 Å². The van der Waals surface area contributed by atoms with E-state index in [0.29, 0.717) is 0 Å². The van der Waals surface area contributed by atoms with Gasteiger partial charge in [-0.05, 0) is 13.8 Å². The highest BCUT2D eigenvalue weighted by Gasteiger charge is 2.04. The number of rotatable bonds is 3. The highest BCUT2D eigenvalue weighted by Crippen LogP contribution is 1.93. The van der Waals surface area contributed by atoms with Crippen LogP contribution in [0.5, 0.6) is 0 Å². The van der Waals surface area contributed by atoms with Gasteiger partial charge in [-0.1, -0.05) is 0 Å². The van der Waals surface area contributed by atoms with Crippen LogP contribution >= 0.6 is 0 Å². The van der Waals surface area contributed by atoms with E-state index in [4.69, 9.17) is 16.7 Å². The Labute approximate surface area is 65.2 Å². The zero-order valence-electron chi connectivity index (χ0n) is 6.61. The molecule has 0 fully saturated rings. The summed E-state index contributed by atoms with van der Waals surface area (Å²) in [5.74, 6) is 4.20. The number of carboxylic acids is 1. The van der Waals surface area contributed by atoms with E-state index in [1.165, 1.54) is 11.2 Å². The van der Waals surface area contributed by atoms with Gasteiger partial charge in [-0.15, -0.1) is 0 Å². The molecule has 0 aliphatic rings. The Hall–Kier alpha value is -1.23. The molecule has 0 aliphatic carbocycles. The van der Waals surface area contributed by atoms with Crippen LogP contribution < -0.4 is 11.6 Å². The summed E-state index contributed by atoms with van der Waals surface area (Å²) in [4.78, 5) is 10.2. The average molecular weight is 159 g/mol. The van der Waals surface area contributed by atoms with E-state index in [9.17, 15) is 4.79 Å². The number of nitrogens with two attached hydrogens (primary N) is 2. The summed E-state index contributed by atoms with van der Waals surface area (Å²) in [5.41, 5.74) is 4.83. The van der Waals surface area contributed by atoms with Gasteiger partial charge in [-0.3, -0.25) is 0 Å². The maximum atomic E-state index is 10.2. The lowest BCUT2D eigenvalue weighted by Gasteiger charge is -2.17. The zero-order chi connectivity index (χ0) is 9.02. The highest BCUT2D eigenvalue weighted by atomic mass is 16.4. The molecule has 0 aromatic rings. The third-order valence-electron chi connectivity index (χ3n) is 1.13. The van der Waals surface area contributed by atoms with E-state index in [1.54, 1.807) is 0 Å². The fraction of sp³-hybridized carbons (Fsp3) is 0.500. The standard InChI is InChI=1S/C6H13N3O2/c1-4(2)9(8)3-5(7)6(10)11/h3-4H,7-8H2,1-2H3,(H,10,11)/b5-3-. The van der Waals surface area contributed by atoms with Gasteiger partial charge in [0.05, 0.1) is 0 Å². The molecule has 0 saturated heterocycles. The number of carbonyl (C=O) groups is 1. The van der Waals surface area contributed by atoms with Crippen molar-refractivity contribution >= 4 is 5.97 Å². The fourth-order valence-corrected chi connectivity index (χ4v) is 0.365. The maximum absolute atomic E-state index is 10.2. The second-order valence-corrected chi connectivity index (χ2v) is 2.43. The molecule has 0 amide bonds. The van der Waals surface area contributed by atoms with E-state index in [1.807, 2.05) is 13.8 Å². The monoisotopic (exact) mass is 159 g/mol. The minimum absolute atomic E-state index is 0.0351. The predicted octanol–water partition coefficient (Wildman–Crippen LogP) is -0.545. The number of aliphatic carboxylic acids is 1. The Morgan fingerprint density at radius 2 is 2.09 bits per heavy atom. The number of hydrazine groups is 1. The highest BCUT2D eigenvalue weighted by molar-refractivity contribution is 5.85. The van der Waals surface area contributed by atoms with Crippen LogP contribution in [0.2, 0.25) is 0 Å². The summed E-state index contributed by atoms with van der Waals surface area (Å²) in [5, 5.41) is 9.58. The summed E-state index contributed by atoms with van der Waals surface area (Å²) in [6.45, 7) is 3.65. The molecule has 0 aromatic carbocycles. The van der Waals surface area contributed by atoms with Crippen LogP contribution in [-0.4, -0.2) is 22.1 Å². The fourth-order valence-electron chi connectivity index (χ4n) is 0.365. The number of carboxylic acid groups (broad SMARTS) is 1. The van der Waals surface area contributed by atoms with Crippen molar-refractivity contribution in [2.24, 2.45) is 11.6 Å².